The van der Waals surface area contributed by atoms with Crippen molar-refractivity contribution in [3.05, 3.63) is 11.9 Å². The summed E-state index contributed by atoms with van der Waals surface area (Å²) in [5.41, 5.74) is 0. The number of carbonyl (C=O) groups excluding carboxylic acids is 1. The molecule has 0 aliphatic heterocycles. The molecule has 6 nitrogen and oxygen atoms in total. The zero-order chi connectivity index (χ0) is 12.7. The van der Waals surface area contributed by atoms with E-state index in [0.29, 0.717) is 13.0 Å². The third-order valence-corrected chi connectivity index (χ3v) is 2.28. The van der Waals surface area contributed by atoms with E-state index in [1.807, 2.05) is 20.0 Å². The Labute approximate surface area is 101 Å². The van der Waals surface area contributed by atoms with E-state index in [4.69, 9.17) is 0 Å². The maximum absolute atomic E-state index is 11.1. The third kappa shape index (κ3) is 4.26. The van der Waals surface area contributed by atoms with E-state index in [-0.39, 0.29) is 5.91 Å². The van der Waals surface area contributed by atoms with Crippen LogP contribution in [-0.2, 0) is 11.2 Å². The molecule has 0 atom stereocenters. The predicted molar refractivity (Wildman–Crippen MR) is 68.1 cm³/mol. The summed E-state index contributed by atoms with van der Waals surface area (Å²) in [4.78, 5) is 19.7. The number of anilines is 2. The third-order valence-electron chi connectivity index (χ3n) is 2.28. The molecule has 1 heterocycles. The maximum Gasteiger partial charge on any atom is 0.221 e. The molecule has 17 heavy (non-hydrogen) atoms. The van der Waals surface area contributed by atoms with Crippen LogP contribution in [0.3, 0.4) is 0 Å². The lowest BCUT2D eigenvalue weighted by Crippen LogP contribution is -2.21. The molecule has 1 aromatic heterocycles. The zero-order valence-electron chi connectivity index (χ0n) is 10.5. The lowest BCUT2D eigenvalue weighted by Gasteiger charge is -2.08. The van der Waals surface area contributed by atoms with Gasteiger partial charge in [0.15, 0.2) is 0 Å². The molecule has 0 spiro atoms. The minimum Gasteiger partial charge on any atom is -0.373 e. The highest BCUT2D eigenvalue weighted by atomic mass is 16.1. The van der Waals surface area contributed by atoms with Crippen molar-refractivity contribution in [1.82, 2.24) is 15.3 Å². The van der Waals surface area contributed by atoms with Crippen molar-refractivity contribution < 1.29 is 4.79 Å². The number of aryl methyl sites for hydroxylation is 1. The van der Waals surface area contributed by atoms with Gasteiger partial charge in [0, 0.05) is 39.5 Å². The SMILES string of the molecule is CCc1nc(NC)cc(NCCC(=O)NC)n1. The normalized spacial score (nSPS) is 9.82. The van der Waals surface area contributed by atoms with Crippen LogP contribution >= 0.6 is 0 Å². The molecule has 0 unspecified atom stereocenters. The molecular weight excluding hydrogens is 218 g/mol. The zero-order valence-corrected chi connectivity index (χ0v) is 10.5. The van der Waals surface area contributed by atoms with E-state index >= 15 is 0 Å². The van der Waals surface area contributed by atoms with Gasteiger partial charge in [-0.2, -0.15) is 0 Å². The highest BCUT2D eigenvalue weighted by molar-refractivity contribution is 5.76. The minimum atomic E-state index is 0.0103. The van der Waals surface area contributed by atoms with Crippen molar-refractivity contribution in [2.24, 2.45) is 0 Å². The Morgan fingerprint density at radius 2 is 2.00 bits per heavy atom. The molecule has 0 saturated heterocycles. The fraction of sp³-hybridized carbons (Fsp3) is 0.545. The van der Waals surface area contributed by atoms with E-state index in [0.717, 1.165) is 23.9 Å². The first-order chi connectivity index (χ1) is 8.19. The summed E-state index contributed by atoms with van der Waals surface area (Å²) in [5, 5.41) is 8.66. The van der Waals surface area contributed by atoms with Crippen molar-refractivity contribution in [3.8, 4) is 0 Å². The van der Waals surface area contributed by atoms with Crippen LogP contribution in [0.25, 0.3) is 0 Å². The average Bonchev–Trinajstić information content (AvgIpc) is 2.37. The highest BCUT2D eigenvalue weighted by Crippen LogP contribution is 2.11. The Morgan fingerprint density at radius 1 is 1.29 bits per heavy atom. The molecule has 1 aromatic rings. The predicted octanol–water partition coefficient (Wildman–Crippen LogP) is 0.629. The van der Waals surface area contributed by atoms with Gasteiger partial charge in [0.25, 0.3) is 0 Å². The number of amides is 1. The number of rotatable bonds is 6. The first-order valence-corrected chi connectivity index (χ1v) is 5.69. The topological polar surface area (TPSA) is 78.9 Å². The molecule has 0 saturated carbocycles. The van der Waals surface area contributed by atoms with Crippen LogP contribution in [0.2, 0.25) is 0 Å². The van der Waals surface area contributed by atoms with E-state index in [1.54, 1.807) is 7.05 Å². The van der Waals surface area contributed by atoms with E-state index in [9.17, 15) is 4.79 Å². The van der Waals surface area contributed by atoms with Crippen molar-refractivity contribution >= 4 is 17.5 Å². The van der Waals surface area contributed by atoms with Gasteiger partial charge in [0.05, 0.1) is 0 Å². The molecule has 0 bridgehead atoms. The van der Waals surface area contributed by atoms with Crippen molar-refractivity contribution in [2.45, 2.75) is 19.8 Å². The fourth-order valence-electron chi connectivity index (χ4n) is 1.30. The van der Waals surface area contributed by atoms with Gasteiger partial charge in [-0.3, -0.25) is 4.79 Å². The van der Waals surface area contributed by atoms with Crippen molar-refractivity contribution in [1.29, 1.82) is 0 Å². The van der Waals surface area contributed by atoms with Crippen LogP contribution in [0.15, 0.2) is 6.07 Å². The van der Waals surface area contributed by atoms with Gasteiger partial charge in [0.1, 0.15) is 17.5 Å². The number of nitrogens with zero attached hydrogens (tertiary/aromatic N) is 2. The average molecular weight is 237 g/mol. The molecule has 0 aliphatic carbocycles. The summed E-state index contributed by atoms with van der Waals surface area (Å²) in [6.07, 6.45) is 1.20. The Hall–Kier alpha value is -1.85. The molecule has 1 amide bonds. The van der Waals surface area contributed by atoms with Gasteiger partial charge < -0.3 is 16.0 Å². The number of hydrogen-bond acceptors (Lipinski definition) is 5. The van der Waals surface area contributed by atoms with Gasteiger partial charge in [-0.05, 0) is 0 Å². The monoisotopic (exact) mass is 237 g/mol. The maximum atomic E-state index is 11.1. The molecule has 0 fully saturated rings. The van der Waals surface area contributed by atoms with E-state index in [1.165, 1.54) is 0 Å². The smallest absolute Gasteiger partial charge is 0.221 e. The molecule has 1 rings (SSSR count). The number of aromatic nitrogens is 2. The summed E-state index contributed by atoms with van der Waals surface area (Å²) in [6, 6.07) is 1.82. The molecular formula is C11H19N5O. The van der Waals surface area contributed by atoms with Gasteiger partial charge in [-0.15, -0.1) is 0 Å². The standard InChI is InChI=1S/C11H19N5O/c1-4-8-15-9(12-2)7-10(16-8)14-6-5-11(17)13-3/h7H,4-6H2,1-3H3,(H,13,17)(H2,12,14,15,16). The van der Waals surface area contributed by atoms with Crippen LogP contribution in [0, 0.1) is 0 Å². The van der Waals surface area contributed by atoms with Gasteiger partial charge in [-0.1, -0.05) is 6.92 Å². The largest absolute Gasteiger partial charge is 0.373 e. The lowest BCUT2D eigenvalue weighted by atomic mass is 10.4. The molecule has 3 N–H and O–H groups in total. The summed E-state index contributed by atoms with van der Waals surface area (Å²) < 4.78 is 0. The first-order valence-electron chi connectivity index (χ1n) is 5.69. The summed E-state index contributed by atoms with van der Waals surface area (Å²) in [7, 11) is 3.44. The quantitative estimate of drug-likeness (QED) is 0.676. The summed E-state index contributed by atoms with van der Waals surface area (Å²) >= 11 is 0. The molecule has 0 radical (unpaired) electrons. The second-order valence-electron chi connectivity index (χ2n) is 3.51. The van der Waals surface area contributed by atoms with Gasteiger partial charge >= 0.3 is 0 Å². The van der Waals surface area contributed by atoms with Gasteiger partial charge in [0.2, 0.25) is 5.91 Å². The molecule has 0 aromatic carbocycles. The Kier molecular flexibility index (Phi) is 5.19. The molecule has 6 heteroatoms. The lowest BCUT2D eigenvalue weighted by molar-refractivity contribution is -0.120. The molecule has 94 valence electrons. The Bertz CT molecular complexity index is 358. The number of hydrogen-bond donors (Lipinski definition) is 3. The minimum absolute atomic E-state index is 0.0103. The number of carbonyl (C=O) groups is 1. The van der Waals surface area contributed by atoms with Crippen LogP contribution in [0.4, 0.5) is 11.6 Å². The summed E-state index contributed by atoms with van der Waals surface area (Å²) in [6.45, 7) is 2.56. The Morgan fingerprint density at radius 3 is 2.59 bits per heavy atom. The second kappa shape index (κ2) is 6.67. The second-order valence-corrected chi connectivity index (χ2v) is 3.51. The van der Waals surface area contributed by atoms with Crippen LogP contribution in [-0.4, -0.2) is 36.5 Å². The van der Waals surface area contributed by atoms with Crippen LogP contribution in [0.5, 0.6) is 0 Å². The first kappa shape index (κ1) is 13.2. The van der Waals surface area contributed by atoms with Crippen LogP contribution in [0.1, 0.15) is 19.2 Å². The van der Waals surface area contributed by atoms with Gasteiger partial charge in [-0.25, -0.2) is 9.97 Å². The van der Waals surface area contributed by atoms with Crippen molar-refractivity contribution in [2.75, 3.05) is 31.3 Å². The van der Waals surface area contributed by atoms with E-state index in [2.05, 4.69) is 25.9 Å². The summed E-state index contributed by atoms with van der Waals surface area (Å²) in [5.74, 6) is 2.31. The Balaban J connectivity index is 2.60. The van der Waals surface area contributed by atoms with Crippen LogP contribution < -0.4 is 16.0 Å². The number of nitrogens with one attached hydrogen (secondary N) is 3. The highest BCUT2D eigenvalue weighted by Gasteiger charge is 2.03. The van der Waals surface area contributed by atoms with E-state index < -0.39 is 0 Å². The fourth-order valence-corrected chi connectivity index (χ4v) is 1.30. The molecule has 0 aliphatic rings. The van der Waals surface area contributed by atoms with Crippen molar-refractivity contribution in [3.63, 3.8) is 0 Å².